The first-order valence-corrected chi connectivity index (χ1v) is 11.3. The Bertz CT molecular complexity index is 1150. The highest BCUT2D eigenvalue weighted by Gasteiger charge is 2.26. The fraction of sp³-hybridized carbons (Fsp3) is 0.0909. The van der Waals surface area contributed by atoms with Gasteiger partial charge in [-0.25, -0.2) is 13.8 Å². The number of anilines is 1. The van der Waals surface area contributed by atoms with Gasteiger partial charge in [0.25, 0.3) is 15.9 Å². The molecule has 0 unspecified atom stereocenters. The number of nitrogens with zero attached hydrogens (tertiary/aromatic N) is 2. The number of carbonyl (C=O) groups excluding carboxylic acids is 1. The molecular weight excluding hydrogens is 466 g/mol. The molecule has 1 amide bonds. The minimum Gasteiger partial charge on any atom is -0.271 e. The lowest BCUT2D eigenvalue weighted by Crippen LogP contribution is -2.39. The second-order valence-corrected chi connectivity index (χ2v) is 9.19. The summed E-state index contributed by atoms with van der Waals surface area (Å²) in [6.07, 6.45) is 1.49. The number of sulfonamides is 1. The van der Waals surface area contributed by atoms with Crippen molar-refractivity contribution in [1.29, 1.82) is 0 Å². The molecule has 3 aromatic carbocycles. The Kier molecular flexibility index (Phi) is 7.02. The van der Waals surface area contributed by atoms with Crippen molar-refractivity contribution >= 4 is 43.8 Å². The van der Waals surface area contributed by atoms with Gasteiger partial charge < -0.3 is 0 Å². The third-order valence-corrected chi connectivity index (χ3v) is 6.75. The Morgan fingerprint density at radius 3 is 2.30 bits per heavy atom. The van der Waals surface area contributed by atoms with Gasteiger partial charge in [0, 0.05) is 10.0 Å². The van der Waals surface area contributed by atoms with E-state index in [0.29, 0.717) is 5.69 Å². The summed E-state index contributed by atoms with van der Waals surface area (Å²) >= 11 is 3.40. The van der Waals surface area contributed by atoms with Crippen LogP contribution in [0.3, 0.4) is 0 Å². The van der Waals surface area contributed by atoms with E-state index in [9.17, 15) is 13.2 Å². The molecule has 1 N–H and O–H groups in total. The molecule has 0 heterocycles. The van der Waals surface area contributed by atoms with Gasteiger partial charge in [-0.05, 0) is 37.3 Å². The third-order valence-electron chi connectivity index (χ3n) is 4.24. The normalized spacial score (nSPS) is 11.4. The topological polar surface area (TPSA) is 78.8 Å². The molecule has 0 radical (unpaired) electrons. The number of rotatable bonds is 7. The Labute approximate surface area is 184 Å². The van der Waals surface area contributed by atoms with Crippen LogP contribution in [0, 0.1) is 6.92 Å². The van der Waals surface area contributed by atoms with Crippen molar-refractivity contribution in [2.75, 3.05) is 10.8 Å². The van der Waals surface area contributed by atoms with E-state index in [1.807, 2.05) is 31.2 Å². The van der Waals surface area contributed by atoms with E-state index < -0.39 is 22.5 Å². The van der Waals surface area contributed by atoms with Crippen LogP contribution < -0.4 is 9.73 Å². The van der Waals surface area contributed by atoms with Crippen LogP contribution in [0.4, 0.5) is 5.69 Å². The highest BCUT2D eigenvalue weighted by atomic mass is 79.9. The minimum atomic E-state index is -3.93. The first kappa shape index (κ1) is 21.7. The molecule has 3 aromatic rings. The van der Waals surface area contributed by atoms with Gasteiger partial charge in [0.05, 0.1) is 16.8 Å². The summed E-state index contributed by atoms with van der Waals surface area (Å²) in [4.78, 5) is 12.6. The molecule has 0 saturated heterocycles. The molecule has 6 nitrogen and oxygen atoms in total. The van der Waals surface area contributed by atoms with E-state index in [4.69, 9.17) is 0 Å². The maximum Gasteiger partial charge on any atom is 0.264 e. The standard InChI is InChI=1S/C22H20BrN3O3S/c1-17-11-13-19(14-12-17)26(30(28,29)20-8-3-2-4-9-20)16-22(27)25-24-15-18-7-5-6-10-21(18)23/h2-15H,16H2,1H3,(H,25,27)/b24-15+. The van der Waals surface area contributed by atoms with Gasteiger partial charge in [-0.15, -0.1) is 0 Å². The van der Waals surface area contributed by atoms with Crippen molar-refractivity contribution in [3.8, 4) is 0 Å². The average molecular weight is 486 g/mol. The van der Waals surface area contributed by atoms with Crippen molar-refractivity contribution in [3.63, 3.8) is 0 Å². The van der Waals surface area contributed by atoms with Crippen LogP contribution in [-0.2, 0) is 14.8 Å². The molecule has 0 fully saturated rings. The highest BCUT2D eigenvalue weighted by molar-refractivity contribution is 9.10. The lowest BCUT2D eigenvalue weighted by molar-refractivity contribution is -0.119. The quantitative estimate of drug-likeness (QED) is 0.404. The Morgan fingerprint density at radius 2 is 1.63 bits per heavy atom. The van der Waals surface area contributed by atoms with Crippen molar-refractivity contribution in [2.24, 2.45) is 5.10 Å². The molecule has 0 aliphatic carbocycles. The monoisotopic (exact) mass is 485 g/mol. The second-order valence-electron chi connectivity index (χ2n) is 6.47. The Morgan fingerprint density at radius 1 is 1.00 bits per heavy atom. The third kappa shape index (κ3) is 5.34. The van der Waals surface area contributed by atoms with Crippen molar-refractivity contribution < 1.29 is 13.2 Å². The zero-order chi connectivity index (χ0) is 21.6. The van der Waals surface area contributed by atoms with E-state index in [-0.39, 0.29) is 4.90 Å². The van der Waals surface area contributed by atoms with Crippen molar-refractivity contribution in [3.05, 3.63) is 94.5 Å². The van der Waals surface area contributed by atoms with Gasteiger partial charge in [-0.2, -0.15) is 5.10 Å². The molecule has 30 heavy (non-hydrogen) atoms. The average Bonchev–Trinajstić information content (AvgIpc) is 2.75. The van der Waals surface area contributed by atoms with E-state index in [1.165, 1.54) is 18.3 Å². The molecule has 0 spiro atoms. The molecule has 154 valence electrons. The molecule has 0 bridgehead atoms. The smallest absolute Gasteiger partial charge is 0.264 e. The van der Waals surface area contributed by atoms with Crippen LogP contribution in [0.25, 0.3) is 0 Å². The number of amides is 1. The van der Waals surface area contributed by atoms with Gasteiger partial charge in [0.15, 0.2) is 0 Å². The molecule has 8 heteroatoms. The van der Waals surface area contributed by atoms with E-state index in [2.05, 4.69) is 26.5 Å². The number of hydrogen-bond donors (Lipinski definition) is 1. The molecule has 0 aliphatic heterocycles. The van der Waals surface area contributed by atoms with Crippen LogP contribution >= 0.6 is 15.9 Å². The number of nitrogens with one attached hydrogen (secondary N) is 1. The van der Waals surface area contributed by atoms with Gasteiger partial charge in [0.1, 0.15) is 6.54 Å². The van der Waals surface area contributed by atoms with Crippen LogP contribution in [0.5, 0.6) is 0 Å². The summed E-state index contributed by atoms with van der Waals surface area (Å²) in [5.74, 6) is -0.557. The number of halogens is 1. The fourth-order valence-corrected chi connectivity index (χ4v) is 4.49. The number of carbonyl (C=O) groups is 1. The maximum absolute atomic E-state index is 13.2. The fourth-order valence-electron chi connectivity index (χ4n) is 2.67. The van der Waals surface area contributed by atoms with E-state index in [0.717, 1.165) is 19.9 Å². The number of hydrogen-bond acceptors (Lipinski definition) is 4. The lowest BCUT2D eigenvalue weighted by Gasteiger charge is -2.23. The van der Waals surface area contributed by atoms with Crippen molar-refractivity contribution in [1.82, 2.24) is 5.43 Å². The first-order valence-electron chi connectivity index (χ1n) is 9.09. The molecular formula is C22H20BrN3O3S. The van der Waals surface area contributed by atoms with Crippen molar-refractivity contribution in [2.45, 2.75) is 11.8 Å². The van der Waals surface area contributed by atoms with Crippen LogP contribution in [0.1, 0.15) is 11.1 Å². The minimum absolute atomic E-state index is 0.107. The Balaban J connectivity index is 1.83. The second kappa shape index (κ2) is 9.69. The predicted molar refractivity (Wildman–Crippen MR) is 122 cm³/mol. The van der Waals surface area contributed by atoms with Crippen LogP contribution in [0.2, 0.25) is 0 Å². The molecule has 3 rings (SSSR count). The molecule has 0 atom stereocenters. The van der Waals surface area contributed by atoms with Gasteiger partial charge >= 0.3 is 0 Å². The van der Waals surface area contributed by atoms with E-state index >= 15 is 0 Å². The Hall–Kier alpha value is -2.97. The number of benzene rings is 3. The van der Waals surface area contributed by atoms with Crippen LogP contribution in [0.15, 0.2) is 93.3 Å². The highest BCUT2D eigenvalue weighted by Crippen LogP contribution is 2.23. The van der Waals surface area contributed by atoms with E-state index in [1.54, 1.807) is 42.5 Å². The largest absolute Gasteiger partial charge is 0.271 e. The summed E-state index contributed by atoms with van der Waals surface area (Å²) in [6.45, 7) is 1.50. The molecule has 0 saturated carbocycles. The zero-order valence-electron chi connectivity index (χ0n) is 16.2. The van der Waals surface area contributed by atoms with Gasteiger partial charge in [-0.3, -0.25) is 9.10 Å². The number of aryl methyl sites for hydroxylation is 1. The number of hydrazone groups is 1. The maximum atomic E-state index is 13.2. The zero-order valence-corrected chi connectivity index (χ0v) is 18.6. The molecule has 0 aliphatic rings. The SMILES string of the molecule is Cc1ccc(N(CC(=O)N/N=C/c2ccccc2Br)S(=O)(=O)c2ccccc2)cc1. The summed E-state index contributed by atoms with van der Waals surface area (Å²) in [7, 11) is -3.93. The lowest BCUT2D eigenvalue weighted by atomic mass is 10.2. The predicted octanol–water partition coefficient (Wildman–Crippen LogP) is 4.10. The van der Waals surface area contributed by atoms with Gasteiger partial charge in [0.2, 0.25) is 0 Å². The first-order chi connectivity index (χ1) is 14.4. The summed E-state index contributed by atoms with van der Waals surface area (Å²) < 4.78 is 28.3. The molecule has 0 aromatic heterocycles. The van der Waals surface area contributed by atoms with Crippen LogP contribution in [-0.4, -0.2) is 27.1 Å². The van der Waals surface area contributed by atoms with Gasteiger partial charge in [-0.1, -0.05) is 70.0 Å². The summed E-state index contributed by atoms with van der Waals surface area (Å²) in [5.41, 5.74) is 4.56. The summed E-state index contributed by atoms with van der Waals surface area (Å²) in [5, 5.41) is 3.94. The summed E-state index contributed by atoms with van der Waals surface area (Å²) in [6, 6.07) is 22.4.